The summed E-state index contributed by atoms with van der Waals surface area (Å²) in [6.45, 7) is 1.49. The van der Waals surface area contributed by atoms with Crippen LogP contribution < -0.4 is 10.6 Å². The molecule has 2 N–H and O–H groups in total. The Morgan fingerprint density at radius 2 is 1.80 bits per heavy atom. The Labute approximate surface area is 202 Å². The zero-order chi connectivity index (χ0) is 24.2. The number of hydrogen-bond donors (Lipinski definition) is 1. The van der Waals surface area contributed by atoms with E-state index in [1.54, 1.807) is 23.1 Å². The maximum Gasteiger partial charge on any atom is 0.434 e. The lowest BCUT2D eigenvalue weighted by atomic mass is 9.73. The van der Waals surface area contributed by atoms with Gasteiger partial charge in [-0.05, 0) is 48.4 Å². The number of anilines is 1. The molecule has 1 saturated heterocycles. The molecule has 0 saturated carbocycles. The summed E-state index contributed by atoms with van der Waals surface area (Å²) in [6, 6.07) is 6.84. The molecule has 1 aliphatic carbocycles. The van der Waals surface area contributed by atoms with Gasteiger partial charge >= 0.3 is 6.18 Å². The van der Waals surface area contributed by atoms with Crippen molar-refractivity contribution in [3.05, 3.63) is 66.1 Å². The molecule has 35 heavy (non-hydrogen) atoms. The molecule has 1 aliphatic heterocycles. The van der Waals surface area contributed by atoms with Crippen molar-refractivity contribution in [2.24, 2.45) is 11.1 Å². The minimum absolute atomic E-state index is 0.0113. The topological polar surface area (TPSA) is 98.1 Å². The highest BCUT2D eigenvalue weighted by molar-refractivity contribution is 7.99. The molecule has 2 aliphatic rings. The molecule has 1 spiro atoms. The number of fused-ring (bicyclic) bond motifs is 2. The molecule has 0 bridgehead atoms. The number of piperidine rings is 1. The fraction of sp³-hybridized carbons (Fsp3) is 0.348. The van der Waals surface area contributed by atoms with Crippen LogP contribution in [-0.2, 0) is 12.6 Å². The van der Waals surface area contributed by atoms with Gasteiger partial charge < -0.3 is 10.6 Å². The van der Waals surface area contributed by atoms with E-state index in [2.05, 4.69) is 36.1 Å². The van der Waals surface area contributed by atoms with E-state index in [0.29, 0.717) is 16.5 Å². The number of aromatic nitrogens is 6. The Morgan fingerprint density at radius 1 is 1.03 bits per heavy atom. The van der Waals surface area contributed by atoms with Gasteiger partial charge in [-0.15, -0.1) is 10.2 Å². The summed E-state index contributed by atoms with van der Waals surface area (Å²) >= 11 is 0.929. The predicted molar refractivity (Wildman–Crippen MR) is 123 cm³/mol. The Kier molecular flexibility index (Phi) is 5.18. The average molecular weight is 499 g/mol. The van der Waals surface area contributed by atoms with Gasteiger partial charge in [-0.1, -0.05) is 17.8 Å². The van der Waals surface area contributed by atoms with Gasteiger partial charge in [0.15, 0.2) is 11.3 Å². The Bertz CT molecular complexity index is 1400. The summed E-state index contributed by atoms with van der Waals surface area (Å²) < 4.78 is 42.0. The lowest BCUT2D eigenvalue weighted by molar-refractivity contribution is -0.143. The highest BCUT2D eigenvalue weighted by Crippen LogP contribution is 2.50. The lowest BCUT2D eigenvalue weighted by Gasteiger charge is -2.42. The smallest absolute Gasteiger partial charge is 0.342 e. The molecule has 0 aromatic carbocycles. The molecule has 6 rings (SSSR count). The van der Waals surface area contributed by atoms with Crippen LogP contribution in [0.1, 0.15) is 35.8 Å². The SMILES string of the molecule is N[C@@H]1c2ncccc2CC12CCN(c1ncc(Sc3cccnc3C(F)(F)F)c3nncn13)CC2. The minimum atomic E-state index is -4.55. The van der Waals surface area contributed by atoms with Crippen LogP contribution in [0.5, 0.6) is 0 Å². The number of rotatable bonds is 3. The van der Waals surface area contributed by atoms with E-state index < -0.39 is 11.9 Å². The molecule has 0 radical (unpaired) electrons. The monoisotopic (exact) mass is 498 g/mol. The summed E-state index contributed by atoms with van der Waals surface area (Å²) in [5, 5.41) is 8.17. The number of halogens is 3. The molecule has 4 aromatic rings. The van der Waals surface area contributed by atoms with E-state index in [-0.39, 0.29) is 16.4 Å². The largest absolute Gasteiger partial charge is 0.434 e. The zero-order valence-electron chi connectivity index (χ0n) is 18.5. The normalized spacial score (nSPS) is 19.4. The third-order valence-corrected chi connectivity index (χ3v) is 8.06. The molecule has 0 amide bonds. The number of pyridine rings is 2. The van der Waals surface area contributed by atoms with Crippen LogP contribution in [-0.4, -0.2) is 42.6 Å². The molecule has 0 unspecified atom stereocenters. The van der Waals surface area contributed by atoms with Crippen LogP contribution in [0.4, 0.5) is 19.1 Å². The highest BCUT2D eigenvalue weighted by Gasteiger charge is 2.47. The van der Waals surface area contributed by atoms with Crippen molar-refractivity contribution in [3.63, 3.8) is 0 Å². The summed E-state index contributed by atoms with van der Waals surface area (Å²) in [5.41, 5.74) is 8.35. The van der Waals surface area contributed by atoms with Crippen molar-refractivity contribution in [2.75, 3.05) is 18.0 Å². The number of nitrogens with two attached hydrogens (primary N) is 1. The number of hydrogen-bond acceptors (Lipinski definition) is 8. The van der Waals surface area contributed by atoms with Crippen LogP contribution >= 0.6 is 11.8 Å². The quantitative estimate of drug-likeness (QED) is 0.454. The molecule has 180 valence electrons. The van der Waals surface area contributed by atoms with Crippen LogP contribution in [0.15, 0.2) is 59.0 Å². The van der Waals surface area contributed by atoms with Crippen molar-refractivity contribution in [1.29, 1.82) is 0 Å². The second-order valence-electron chi connectivity index (χ2n) is 8.95. The highest BCUT2D eigenvalue weighted by atomic mass is 32.2. The molecule has 8 nitrogen and oxygen atoms in total. The third-order valence-electron chi connectivity index (χ3n) is 7.01. The van der Waals surface area contributed by atoms with Crippen molar-refractivity contribution >= 4 is 23.4 Å². The lowest BCUT2D eigenvalue weighted by Crippen LogP contribution is -2.45. The predicted octanol–water partition coefficient (Wildman–Crippen LogP) is 3.93. The van der Waals surface area contributed by atoms with E-state index >= 15 is 0 Å². The van der Waals surface area contributed by atoms with Crippen molar-refractivity contribution in [2.45, 2.75) is 41.3 Å². The average Bonchev–Trinajstić information content (AvgIpc) is 3.44. The summed E-state index contributed by atoms with van der Waals surface area (Å²) in [7, 11) is 0. The van der Waals surface area contributed by atoms with Crippen LogP contribution in [0.2, 0.25) is 0 Å². The second kappa shape index (κ2) is 8.16. The van der Waals surface area contributed by atoms with Crippen LogP contribution in [0.3, 0.4) is 0 Å². The first kappa shape index (κ1) is 22.2. The molecule has 1 fully saturated rings. The van der Waals surface area contributed by atoms with Gasteiger partial charge in [0.25, 0.3) is 0 Å². The first-order chi connectivity index (χ1) is 16.9. The Balaban J connectivity index is 1.26. The van der Waals surface area contributed by atoms with Crippen LogP contribution in [0.25, 0.3) is 5.65 Å². The maximum absolute atomic E-state index is 13.4. The minimum Gasteiger partial charge on any atom is -0.342 e. The molecular formula is C23H21F3N8S. The maximum atomic E-state index is 13.4. The second-order valence-corrected chi connectivity index (χ2v) is 10.0. The van der Waals surface area contributed by atoms with E-state index in [1.807, 2.05) is 6.07 Å². The van der Waals surface area contributed by atoms with Gasteiger partial charge in [-0.3, -0.25) is 9.97 Å². The van der Waals surface area contributed by atoms with E-state index in [1.165, 1.54) is 17.7 Å². The van der Waals surface area contributed by atoms with Gasteiger partial charge in [0, 0.05) is 36.6 Å². The Morgan fingerprint density at radius 3 is 2.57 bits per heavy atom. The van der Waals surface area contributed by atoms with E-state index in [9.17, 15) is 13.2 Å². The zero-order valence-corrected chi connectivity index (χ0v) is 19.3. The number of nitrogens with zero attached hydrogens (tertiary/aromatic N) is 7. The van der Waals surface area contributed by atoms with Gasteiger partial charge in [-0.2, -0.15) is 13.2 Å². The molecule has 12 heteroatoms. The Hall–Kier alpha value is -3.25. The standard InChI is InChI=1S/C23H21F3N8S/c24-23(25,26)19-15(4-2-8-29-19)35-16-12-30-21(34-13-31-32-20(16)34)33-9-5-22(6-10-33)11-14-3-1-7-28-17(14)18(22)27/h1-4,7-8,12-13,18H,5-6,9-11,27H2/t18-/m1/s1. The molecular weight excluding hydrogens is 477 g/mol. The summed E-state index contributed by atoms with van der Waals surface area (Å²) in [5.74, 6) is 0.661. The third kappa shape index (κ3) is 3.71. The van der Waals surface area contributed by atoms with Crippen molar-refractivity contribution in [1.82, 2.24) is 29.5 Å². The molecule has 4 aromatic heterocycles. The van der Waals surface area contributed by atoms with Crippen molar-refractivity contribution < 1.29 is 13.2 Å². The van der Waals surface area contributed by atoms with Gasteiger partial charge in [0.1, 0.15) is 6.33 Å². The molecule has 1 atom stereocenters. The first-order valence-electron chi connectivity index (χ1n) is 11.2. The van der Waals surface area contributed by atoms with E-state index in [4.69, 9.17) is 5.73 Å². The first-order valence-corrected chi connectivity index (χ1v) is 12.0. The summed E-state index contributed by atoms with van der Waals surface area (Å²) in [4.78, 5) is 15.3. The van der Waals surface area contributed by atoms with Gasteiger partial charge in [-0.25, -0.2) is 9.38 Å². The van der Waals surface area contributed by atoms with E-state index in [0.717, 1.165) is 56.0 Å². The van der Waals surface area contributed by atoms with Gasteiger partial charge in [0.05, 0.1) is 16.6 Å². The summed E-state index contributed by atoms with van der Waals surface area (Å²) in [6.07, 6.45) is 4.17. The van der Waals surface area contributed by atoms with Crippen molar-refractivity contribution in [3.8, 4) is 0 Å². The van der Waals surface area contributed by atoms with Crippen LogP contribution in [0, 0.1) is 5.41 Å². The van der Waals surface area contributed by atoms with Gasteiger partial charge in [0.2, 0.25) is 5.95 Å². The fourth-order valence-corrected chi connectivity index (χ4v) is 6.18. The molecule has 5 heterocycles. The fourth-order valence-electron chi connectivity index (χ4n) is 5.20. The number of alkyl halides is 3.